The standard InChI is InChI=1S/C13H17FN4/c1-17(8-9-18-7-6-13(15)16-18)10-11-2-4-12(14)5-3-11/h2-7H,8-10H2,1H3,(H2,15,16). The number of nitrogen functional groups attached to an aromatic ring is 1. The Bertz CT molecular complexity index is 492. The minimum atomic E-state index is -0.201. The number of rotatable bonds is 5. The summed E-state index contributed by atoms with van der Waals surface area (Å²) in [6, 6.07) is 8.35. The maximum Gasteiger partial charge on any atom is 0.145 e. The van der Waals surface area contributed by atoms with E-state index in [4.69, 9.17) is 5.73 Å². The van der Waals surface area contributed by atoms with Crippen LogP contribution in [0.3, 0.4) is 0 Å². The van der Waals surface area contributed by atoms with Crippen LogP contribution in [-0.2, 0) is 13.1 Å². The zero-order chi connectivity index (χ0) is 13.0. The second-order valence-electron chi connectivity index (χ2n) is 4.37. The van der Waals surface area contributed by atoms with Gasteiger partial charge in [0.05, 0.1) is 6.54 Å². The minimum absolute atomic E-state index is 0.201. The van der Waals surface area contributed by atoms with Crippen LogP contribution in [0.15, 0.2) is 36.5 Å². The number of hydrogen-bond donors (Lipinski definition) is 1. The predicted molar refractivity (Wildman–Crippen MR) is 69.4 cm³/mol. The molecule has 18 heavy (non-hydrogen) atoms. The summed E-state index contributed by atoms with van der Waals surface area (Å²) >= 11 is 0. The third-order valence-corrected chi connectivity index (χ3v) is 2.74. The minimum Gasteiger partial charge on any atom is -0.382 e. The predicted octanol–water partition coefficient (Wildman–Crippen LogP) is 1.74. The van der Waals surface area contributed by atoms with Crippen LogP contribution in [0.1, 0.15) is 5.56 Å². The molecule has 2 rings (SSSR count). The molecule has 0 bridgehead atoms. The summed E-state index contributed by atoms with van der Waals surface area (Å²) in [6.07, 6.45) is 1.86. The molecule has 2 aromatic rings. The Kier molecular flexibility index (Phi) is 3.94. The summed E-state index contributed by atoms with van der Waals surface area (Å²) in [5.74, 6) is 0.338. The molecule has 1 heterocycles. The number of benzene rings is 1. The average molecular weight is 248 g/mol. The molecule has 0 aliphatic carbocycles. The van der Waals surface area contributed by atoms with Gasteiger partial charge in [0.25, 0.3) is 0 Å². The lowest BCUT2D eigenvalue weighted by Crippen LogP contribution is -2.23. The van der Waals surface area contributed by atoms with Gasteiger partial charge in [-0.05, 0) is 30.8 Å². The van der Waals surface area contributed by atoms with Crippen molar-refractivity contribution in [3.8, 4) is 0 Å². The first kappa shape index (κ1) is 12.6. The van der Waals surface area contributed by atoms with E-state index < -0.39 is 0 Å². The molecule has 0 amide bonds. The number of hydrogen-bond acceptors (Lipinski definition) is 3. The Hall–Kier alpha value is -1.88. The number of nitrogens with two attached hydrogens (primary N) is 1. The summed E-state index contributed by atoms with van der Waals surface area (Å²) in [5.41, 5.74) is 6.64. The fourth-order valence-electron chi connectivity index (χ4n) is 1.76. The molecule has 4 nitrogen and oxygen atoms in total. The van der Waals surface area contributed by atoms with E-state index in [2.05, 4.69) is 10.00 Å². The molecule has 2 N–H and O–H groups in total. The van der Waals surface area contributed by atoms with Gasteiger partial charge in [0, 0.05) is 19.3 Å². The maximum absolute atomic E-state index is 12.8. The molecular weight excluding hydrogens is 231 g/mol. The van der Waals surface area contributed by atoms with Crippen molar-refractivity contribution in [3.05, 3.63) is 47.9 Å². The van der Waals surface area contributed by atoms with Gasteiger partial charge in [0.15, 0.2) is 0 Å². The van der Waals surface area contributed by atoms with Crippen molar-refractivity contribution in [1.29, 1.82) is 0 Å². The van der Waals surface area contributed by atoms with Crippen molar-refractivity contribution < 1.29 is 4.39 Å². The van der Waals surface area contributed by atoms with Gasteiger partial charge in [-0.2, -0.15) is 5.10 Å². The molecule has 1 aromatic heterocycles. The fourth-order valence-corrected chi connectivity index (χ4v) is 1.76. The zero-order valence-corrected chi connectivity index (χ0v) is 10.4. The first-order valence-corrected chi connectivity index (χ1v) is 5.85. The number of likely N-dealkylation sites (N-methyl/N-ethyl adjacent to an activating group) is 1. The Morgan fingerprint density at radius 1 is 1.28 bits per heavy atom. The van der Waals surface area contributed by atoms with Crippen LogP contribution in [0, 0.1) is 5.82 Å². The molecule has 5 heteroatoms. The molecule has 0 unspecified atom stereocenters. The molecule has 1 aromatic carbocycles. The van der Waals surface area contributed by atoms with Crippen molar-refractivity contribution in [1.82, 2.24) is 14.7 Å². The van der Waals surface area contributed by atoms with Gasteiger partial charge >= 0.3 is 0 Å². The molecule has 0 aliphatic rings. The SMILES string of the molecule is CN(CCn1ccc(N)n1)Cc1ccc(F)cc1. The maximum atomic E-state index is 12.8. The number of halogens is 1. The van der Waals surface area contributed by atoms with E-state index in [-0.39, 0.29) is 5.82 Å². The molecule has 0 atom stereocenters. The van der Waals surface area contributed by atoms with E-state index in [1.54, 1.807) is 18.2 Å². The molecule has 0 fully saturated rings. The van der Waals surface area contributed by atoms with Crippen LogP contribution in [0.2, 0.25) is 0 Å². The third-order valence-electron chi connectivity index (χ3n) is 2.74. The van der Waals surface area contributed by atoms with E-state index in [1.165, 1.54) is 12.1 Å². The highest BCUT2D eigenvalue weighted by Gasteiger charge is 2.02. The number of anilines is 1. The Labute approximate surface area is 106 Å². The second-order valence-corrected chi connectivity index (χ2v) is 4.37. The first-order valence-electron chi connectivity index (χ1n) is 5.85. The lowest BCUT2D eigenvalue weighted by molar-refractivity contribution is 0.305. The molecule has 0 saturated carbocycles. The quantitative estimate of drug-likeness (QED) is 0.876. The lowest BCUT2D eigenvalue weighted by Gasteiger charge is -2.16. The summed E-state index contributed by atoms with van der Waals surface area (Å²) in [7, 11) is 2.02. The van der Waals surface area contributed by atoms with Crippen LogP contribution >= 0.6 is 0 Å². The Morgan fingerprint density at radius 3 is 2.61 bits per heavy atom. The van der Waals surface area contributed by atoms with Crippen molar-refractivity contribution in [2.75, 3.05) is 19.3 Å². The Morgan fingerprint density at radius 2 is 2.00 bits per heavy atom. The topological polar surface area (TPSA) is 47.1 Å². The van der Waals surface area contributed by atoms with Crippen molar-refractivity contribution in [2.45, 2.75) is 13.1 Å². The monoisotopic (exact) mass is 248 g/mol. The highest BCUT2D eigenvalue weighted by atomic mass is 19.1. The van der Waals surface area contributed by atoms with Crippen LogP contribution in [0.4, 0.5) is 10.2 Å². The van der Waals surface area contributed by atoms with E-state index >= 15 is 0 Å². The van der Waals surface area contributed by atoms with Crippen molar-refractivity contribution >= 4 is 5.82 Å². The third kappa shape index (κ3) is 3.56. The largest absolute Gasteiger partial charge is 0.382 e. The van der Waals surface area contributed by atoms with E-state index in [0.717, 1.165) is 25.2 Å². The van der Waals surface area contributed by atoms with Gasteiger partial charge < -0.3 is 10.6 Å². The van der Waals surface area contributed by atoms with Gasteiger partial charge in [0.2, 0.25) is 0 Å². The van der Waals surface area contributed by atoms with Gasteiger partial charge in [-0.3, -0.25) is 4.68 Å². The molecule has 0 radical (unpaired) electrons. The van der Waals surface area contributed by atoms with Crippen LogP contribution in [0.5, 0.6) is 0 Å². The molecule has 0 spiro atoms. The van der Waals surface area contributed by atoms with Crippen LogP contribution in [-0.4, -0.2) is 28.3 Å². The zero-order valence-electron chi connectivity index (χ0n) is 10.4. The molecule has 0 aliphatic heterocycles. The number of nitrogens with zero attached hydrogens (tertiary/aromatic N) is 3. The summed E-state index contributed by atoms with van der Waals surface area (Å²) in [6.45, 7) is 2.43. The van der Waals surface area contributed by atoms with Gasteiger partial charge in [-0.1, -0.05) is 12.1 Å². The van der Waals surface area contributed by atoms with E-state index in [9.17, 15) is 4.39 Å². The summed E-state index contributed by atoms with van der Waals surface area (Å²) in [5, 5.41) is 4.12. The normalized spacial score (nSPS) is 11.1. The summed E-state index contributed by atoms with van der Waals surface area (Å²) in [4.78, 5) is 2.16. The highest BCUT2D eigenvalue weighted by molar-refractivity contribution is 5.23. The van der Waals surface area contributed by atoms with E-state index in [1.807, 2.05) is 17.9 Å². The van der Waals surface area contributed by atoms with Crippen LogP contribution < -0.4 is 5.73 Å². The molecule has 96 valence electrons. The van der Waals surface area contributed by atoms with Crippen LogP contribution in [0.25, 0.3) is 0 Å². The lowest BCUT2D eigenvalue weighted by atomic mass is 10.2. The van der Waals surface area contributed by atoms with E-state index in [0.29, 0.717) is 5.82 Å². The first-order chi connectivity index (χ1) is 8.63. The molecular formula is C13H17FN4. The second kappa shape index (κ2) is 5.64. The van der Waals surface area contributed by atoms with Gasteiger partial charge in [-0.15, -0.1) is 0 Å². The number of aromatic nitrogens is 2. The Balaban J connectivity index is 1.81. The van der Waals surface area contributed by atoms with Gasteiger partial charge in [0.1, 0.15) is 11.6 Å². The highest BCUT2D eigenvalue weighted by Crippen LogP contribution is 2.05. The van der Waals surface area contributed by atoms with Gasteiger partial charge in [-0.25, -0.2) is 4.39 Å². The average Bonchev–Trinajstić information content (AvgIpc) is 2.76. The fraction of sp³-hybridized carbons (Fsp3) is 0.308. The summed E-state index contributed by atoms with van der Waals surface area (Å²) < 4.78 is 14.6. The van der Waals surface area contributed by atoms with Crippen molar-refractivity contribution in [2.24, 2.45) is 0 Å². The molecule has 0 saturated heterocycles. The smallest absolute Gasteiger partial charge is 0.145 e. The van der Waals surface area contributed by atoms with Crippen molar-refractivity contribution in [3.63, 3.8) is 0 Å².